The normalized spacial score (nSPS) is 28.3. The van der Waals surface area contributed by atoms with Crippen LogP contribution in [0, 0.1) is 0 Å². The van der Waals surface area contributed by atoms with Crippen molar-refractivity contribution in [1.82, 2.24) is 9.80 Å². The Labute approximate surface area is 107 Å². The zero-order valence-electron chi connectivity index (χ0n) is 11.0. The van der Waals surface area contributed by atoms with Gasteiger partial charge in [0.2, 0.25) is 11.8 Å². The molecule has 6 nitrogen and oxygen atoms in total. The molecule has 1 heterocycles. The molecule has 0 aromatic heterocycles. The molecule has 1 aliphatic heterocycles. The number of methoxy groups -OCH3 is 1. The molecule has 2 amide bonds. The molecule has 2 atom stereocenters. The summed E-state index contributed by atoms with van der Waals surface area (Å²) in [5.74, 6) is -0.322. The minimum atomic E-state index is -0.383. The molecule has 2 N–H and O–H groups in total. The van der Waals surface area contributed by atoms with E-state index in [9.17, 15) is 9.59 Å². The number of nitrogens with two attached hydrogens (primary N) is 1. The minimum absolute atomic E-state index is 0.0125. The Hall–Kier alpha value is -1.14. The fraction of sp³-hybridized carbons (Fsp3) is 0.833. The van der Waals surface area contributed by atoms with Crippen LogP contribution < -0.4 is 5.73 Å². The molecule has 0 spiro atoms. The van der Waals surface area contributed by atoms with Crippen molar-refractivity contribution in [3.05, 3.63) is 0 Å². The van der Waals surface area contributed by atoms with Crippen LogP contribution in [0.15, 0.2) is 0 Å². The summed E-state index contributed by atoms with van der Waals surface area (Å²) in [7, 11) is 3.44. The van der Waals surface area contributed by atoms with Gasteiger partial charge in [-0.1, -0.05) is 0 Å². The average Bonchev–Trinajstić information content (AvgIpc) is 3.09. The molecule has 1 saturated carbocycles. The monoisotopic (exact) mass is 255 g/mol. The highest BCUT2D eigenvalue weighted by atomic mass is 16.5. The van der Waals surface area contributed by atoms with Gasteiger partial charge in [-0.25, -0.2) is 0 Å². The number of likely N-dealkylation sites (N-methyl/N-ethyl adjacent to an activating group) is 1. The quantitative estimate of drug-likeness (QED) is 0.696. The van der Waals surface area contributed by atoms with E-state index in [4.69, 9.17) is 10.5 Å². The summed E-state index contributed by atoms with van der Waals surface area (Å²) in [6, 6.07) is 0.0110. The van der Waals surface area contributed by atoms with E-state index in [-0.39, 0.29) is 30.5 Å². The fourth-order valence-electron chi connectivity index (χ4n) is 2.45. The molecule has 0 bridgehead atoms. The number of hydrogen-bond acceptors (Lipinski definition) is 4. The van der Waals surface area contributed by atoms with Crippen molar-refractivity contribution in [1.29, 1.82) is 0 Å². The maximum absolute atomic E-state index is 12.0. The molecule has 2 rings (SSSR count). The molecule has 0 unspecified atom stereocenters. The standard InChI is InChI=1S/C12H21N3O3/c1-14(8-3-4-8)11(16)7-15-6-9(18-2)5-10(15)12(13)17/h8-10H,3-7H2,1-2H3,(H2,13,17)/t9-,10-/m0/s1. The first-order chi connectivity index (χ1) is 8.52. The highest BCUT2D eigenvalue weighted by Gasteiger charge is 2.38. The van der Waals surface area contributed by atoms with Crippen LogP contribution in [0.3, 0.4) is 0 Å². The Balaban J connectivity index is 1.93. The summed E-state index contributed by atoms with van der Waals surface area (Å²) in [6.07, 6.45) is 2.73. The van der Waals surface area contributed by atoms with E-state index >= 15 is 0 Å². The summed E-state index contributed by atoms with van der Waals surface area (Å²) in [5.41, 5.74) is 5.37. The zero-order chi connectivity index (χ0) is 13.3. The molecule has 6 heteroatoms. The number of rotatable bonds is 5. The molecule has 1 aliphatic carbocycles. The number of hydrogen-bond donors (Lipinski definition) is 1. The lowest BCUT2D eigenvalue weighted by atomic mass is 10.2. The highest BCUT2D eigenvalue weighted by molar-refractivity contribution is 5.83. The lowest BCUT2D eigenvalue weighted by Gasteiger charge is -2.24. The molecule has 18 heavy (non-hydrogen) atoms. The Bertz CT molecular complexity index is 343. The van der Waals surface area contributed by atoms with Crippen LogP contribution in [0.5, 0.6) is 0 Å². The summed E-state index contributed by atoms with van der Waals surface area (Å²) in [5, 5.41) is 0. The molecular weight excluding hydrogens is 234 g/mol. The Morgan fingerprint density at radius 2 is 2.11 bits per heavy atom. The summed E-state index contributed by atoms with van der Waals surface area (Å²) < 4.78 is 5.25. The van der Waals surface area contributed by atoms with Gasteiger partial charge in [-0.3, -0.25) is 14.5 Å². The Morgan fingerprint density at radius 3 is 2.61 bits per heavy atom. The van der Waals surface area contributed by atoms with E-state index in [1.165, 1.54) is 0 Å². The third-order valence-electron chi connectivity index (χ3n) is 3.85. The number of likely N-dealkylation sites (tertiary alicyclic amines) is 1. The first kappa shape index (κ1) is 13.3. The summed E-state index contributed by atoms with van der Waals surface area (Å²) in [4.78, 5) is 27.0. The second-order valence-electron chi connectivity index (χ2n) is 5.18. The van der Waals surface area contributed by atoms with Crippen LogP contribution in [0.25, 0.3) is 0 Å². The van der Waals surface area contributed by atoms with Crippen molar-refractivity contribution in [3.8, 4) is 0 Å². The van der Waals surface area contributed by atoms with Crippen LogP contribution in [0.4, 0.5) is 0 Å². The van der Waals surface area contributed by atoms with Crippen molar-refractivity contribution in [2.45, 2.75) is 37.5 Å². The zero-order valence-corrected chi connectivity index (χ0v) is 11.0. The van der Waals surface area contributed by atoms with E-state index in [0.717, 1.165) is 12.8 Å². The smallest absolute Gasteiger partial charge is 0.236 e. The average molecular weight is 255 g/mol. The van der Waals surface area contributed by atoms with Crippen molar-refractivity contribution in [3.63, 3.8) is 0 Å². The summed E-state index contributed by atoms with van der Waals surface area (Å²) >= 11 is 0. The largest absolute Gasteiger partial charge is 0.380 e. The van der Waals surface area contributed by atoms with Crippen LogP contribution in [-0.2, 0) is 14.3 Å². The predicted molar refractivity (Wildman–Crippen MR) is 65.8 cm³/mol. The molecule has 2 aliphatic rings. The van der Waals surface area contributed by atoms with Crippen molar-refractivity contribution < 1.29 is 14.3 Å². The Kier molecular flexibility index (Phi) is 3.87. The molecule has 0 radical (unpaired) electrons. The predicted octanol–water partition coefficient (Wildman–Crippen LogP) is -0.818. The lowest BCUT2D eigenvalue weighted by molar-refractivity contribution is -0.132. The topological polar surface area (TPSA) is 75.9 Å². The summed E-state index contributed by atoms with van der Waals surface area (Å²) in [6.45, 7) is 0.842. The van der Waals surface area contributed by atoms with E-state index < -0.39 is 0 Å². The van der Waals surface area contributed by atoms with Gasteiger partial charge in [0.05, 0.1) is 18.7 Å². The van der Waals surface area contributed by atoms with E-state index in [1.807, 2.05) is 11.9 Å². The van der Waals surface area contributed by atoms with Crippen molar-refractivity contribution >= 4 is 11.8 Å². The van der Waals surface area contributed by atoms with Gasteiger partial charge in [-0.05, 0) is 19.3 Å². The molecule has 0 aromatic carbocycles. The van der Waals surface area contributed by atoms with Gasteiger partial charge in [-0.2, -0.15) is 0 Å². The van der Waals surface area contributed by atoms with Gasteiger partial charge >= 0.3 is 0 Å². The highest BCUT2D eigenvalue weighted by Crippen LogP contribution is 2.26. The van der Waals surface area contributed by atoms with Crippen LogP contribution in [0.1, 0.15) is 19.3 Å². The van der Waals surface area contributed by atoms with Crippen molar-refractivity contribution in [2.24, 2.45) is 5.73 Å². The van der Waals surface area contributed by atoms with Crippen LogP contribution >= 0.6 is 0 Å². The van der Waals surface area contributed by atoms with Crippen LogP contribution in [0.2, 0.25) is 0 Å². The molecule has 2 fully saturated rings. The lowest BCUT2D eigenvalue weighted by Crippen LogP contribution is -2.46. The van der Waals surface area contributed by atoms with E-state index in [0.29, 0.717) is 19.0 Å². The Morgan fingerprint density at radius 1 is 1.44 bits per heavy atom. The number of amides is 2. The SMILES string of the molecule is CO[C@H]1C[C@@H](C(N)=O)N(CC(=O)N(C)C2CC2)C1. The first-order valence-corrected chi connectivity index (χ1v) is 6.34. The minimum Gasteiger partial charge on any atom is -0.380 e. The van der Waals surface area contributed by atoms with Gasteiger partial charge in [-0.15, -0.1) is 0 Å². The van der Waals surface area contributed by atoms with Gasteiger partial charge in [0.1, 0.15) is 0 Å². The van der Waals surface area contributed by atoms with Gasteiger partial charge < -0.3 is 15.4 Å². The molecule has 1 saturated heterocycles. The number of primary amides is 1. The number of nitrogens with zero attached hydrogens (tertiary/aromatic N) is 2. The van der Waals surface area contributed by atoms with Gasteiger partial charge in [0, 0.05) is 26.7 Å². The third kappa shape index (κ3) is 2.81. The van der Waals surface area contributed by atoms with Gasteiger partial charge in [0.25, 0.3) is 0 Å². The second kappa shape index (κ2) is 5.24. The molecule has 102 valence electrons. The van der Waals surface area contributed by atoms with Crippen molar-refractivity contribution in [2.75, 3.05) is 27.2 Å². The number of ether oxygens (including phenoxy) is 1. The first-order valence-electron chi connectivity index (χ1n) is 6.34. The number of carbonyl (C=O) groups excluding carboxylic acids is 2. The van der Waals surface area contributed by atoms with Gasteiger partial charge in [0.15, 0.2) is 0 Å². The maximum atomic E-state index is 12.0. The third-order valence-corrected chi connectivity index (χ3v) is 3.85. The van der Waals surface area contributed by atoms with E-state index in [2.05, 4.69) is 0 Å². The maximum Gasteiger partial charge on any atom is 0.236 e. The fourth-order valence-corrected chi connectivity index (χ4v) is 2.45. The number of carbonyl (C=O) groups is 2. The van der Waals surface area contributed by atoms with E-state index in [1.54, 1.807) is 12.0 Å². The second-order valence-corrected chi connectivity index (χ2v) is 5.18. The molecule has 0 aromatic rings. The van der Waals surface area contributed by atoms with Crippen LogP contribution in [-0.4, -0.2) is 67.0 Å². The molecular formula is C12H21N3O3.